The van der Waals surface area contributed by atoms with E-state index in [0.717, 1.165) is 0 Å². The molecule has 2 aliphatic heterocycles. The Morgan fingerprint density at radius 1 is 1.29 bits per heavy atom. The molecule has 2 saturated heterocycles. The molecule has 1 aromatic rings. The fraction of sp³-hybridized carbons (Fsp3) is 0.579. The summed E-state index contributed by atoms with van der Waals surface area (Å²) in [5, 5.41) is 10.0. The first kappa shape index (κ1) is 22.9. The molecule has 3 atom stereocenters. The largest absolute Gasteiger partial charge is 0.490 e. The molecule has 1 aromatic heterocycles. The Morgan fingerprint density at radius 2 is 1.97 bits per heavy atom. The van der Waals surface area contributed by atoms with Gasteiger partial charge in [-0.25, -0.2) is 9.18 Å². The number of fused-ring (bicyclic) bond motifs is 1. The summed E-state index contributed by atoms with van der Waals surface area (Å²) in [6, 6.07) is 3.43. The number of amides is 2. The van der Waals surface area contributed by atoms with Crippen LogP contribution in [0.2, 0.25) is 0 Å². The van der Waals surface area contributed by atoms with Crippen molar-refractivity contribution in [1.82, 2.24) is 15.2 Å². The molecule has 1 aliphatic carbocycles. The molecule has 3 heterocycles. The minimum atomic E-state index is -5.08. The molecular weight excluding hydrogens is 426 g/mol. The summed E-state index contributed by atoms with van der Waals surface area (Å²) in [5.41, 5.74) is -1.10. The van der Waals surface area contributed by atoms with E-state index < -0.39 is 23.7 Å². The van der Waals surface area contributed by atoms with Crippen LogP contribution in [0.25, 0.3) is 0 Å². The lowest BCUT2D eigenvalue weighted by Gasteiger charge is -2.21. The molecule has 12 heteroatoms. The number of nitrogens with zero attached hydrogens (tertiary/aromatic N) is 2. The van der Waals surface area contributed by atoms with Crippen LogP contribution in [0.1, 0.15) is 23.2 Å². The van der Waals surface area contributed by atoms with Crippen LogP contribution in [0.3, 0.4) is 0 Å². The molecule has 0 radical (unpaired) electrons. The van der Waals surface area contributed by atoms with Gasteiger partial charge < -0.3 is 20.1 Å². The molecule has 0 aromatic carbocycles. The van der Waals surface area contributed by atoms with Crippen LogP contribution in [0.15, 0.2) is 24.5 Å². The molecule has 0 unspecified atom stereocenters. The summed E-state index contributed by atoms with van der Waals surface area (Å²) < 4.78 is 51.5. The van der Waals surface area contributed by atoms with Crippen LogP contribution in [-0.2, 0) is 14.3 Å². The van der Waals surface area contributed by atoms with E-state index in [9.17, 15) is 27.2 Å². The summed E-state index contributed by atoms with van der Waals surface area (Å²) in [5.74, 6) is -3.02. The molecule has 4 rings (SSSR count). The molecule has 3 fully saturated rings. The van der Waals surface area contributed by atoms with Gasteiger partial charge in [-0.2, -0.15) is 13.2 Å². The van der Waals surface area contributed by atoms with Crippen LogP contribution in [0.5, 0.6) is 0 Å². The van der Waals surface area contributed by atoms with Gasteiger partial charge in [-0.05, 0) is 25.0 Å². The van der Waals surface area contributed by atoms with Crippen molar-refractivity contribution in [2.45, 2.75) is 30.8 Å². The van der Waals surface area contributed by atoms with E-state index in [4.69, 9.17) is 14.6 Å². The molecule has 1 saturated carbocycles. The Hall–Kier alpha value is -2.76. The summed E-state index contributed by atoms with van der Waals surface area (Å²) in [7, 11) is 0. The fourth-order valence-electron chi connectivity index (χ4n) is 3.60. The smallest absolute Gasteiger partial charge is 0.475 e. The maximum atomic E-state index is 14.0. The standard InChI is InChI=1S/C17H20FN3O3.C2HF3O2/c18-17(3-4-17)16(23)21-8-13-12(10-24-14(13)9-21)7-20-15(22)11-2-1-5-19-6-11;3-2(4,5)1(6)7/h1-2,5-6,12-14H,3-4,7-10H2,(H,20,22);(H,6,7)/t12-,13-,14-;/m1./s1. The van der Waals surface area contributed by atoms with Crippen LogP contribution < -0.4 is 5.32 Å². The normalized spacial score (nSPS) is 25.8. The van der Waals surface area contributed by atoms with E-state index >= 15 is 0 Å². The topological polar surface area (TPSA) is 109 Å². The highest BCUT2D eigenvalue weighted by atomic mass is 19.4. The van der Waals surface area contributed by atoms with Gasteiger partial charge in [-0.1, -0.05) is 0 Å². The third-order valence-electron chi connectivity index (χ3n) is 5.49. The fourth-order valence-corrected chi connectivity index (χ4v) is 3.60. The van der Waals surface area contributed by atoms with Crippen molar-refractivity contribution in [2.75, 3.05) is 26.2 Å². The average Bonchev–Trinajstić information content (AvgIpc) is 3.17. The first-order chi connectivity index (χ1) is 14.5. The number of likely N-dealkylation sites (tertiary alicyclic amines) is 1. The number of halogens is 4. The Kier molecular flexibility index (Phi) is 6.48. The molecule has 0 spiro atoms. The Balaban J connectivity index is 0.000000339. The summed E-state index contributed by atoms with van der Waals surface area (Å²) in [6.45, 7) is 2.02. The number of hydrogen-bond acceptors (Lipinski definition) is 5. The zero-order valence-corrected chi connectivity index (χ0v) is 16.3. The van der Waals surface area contributed by atoms with Crippen molar-refractivity contribution in [3.63, 3.8) is 0 Å². The Labute approximate surface area is 174 Å². The first-order valence-electron chi connectivity index (χ1n) is 9.59. The maximum Gasteiger partial charge on any atom is 0.490 e. The Bertz CT molecular complexity index is 832. The van der Waals surface area contributed by atoms with Gasteiger partial charge >= 0.3 is 12.1 Å². The third kappa shape index (κ3) is 5.49. The summed E-state index contributed by atoms with van der Waals surface area (Å²) in [4.78, 5) is 38.7. The van der Waals surface area contributed by atoms with Gasteiger partial charge in [0.2, 0.25) is 0 Å². The second-order valence-corrected chi connectivity index (χ2v) is 7.73. The van der Waals surface area contributed by atoms with Gasteiger partial charge in [0, 0.05) is 43.9 Å². The molecule has 8 nitrogen and oxygen atoms in total. The highest BCUT2D eigenvalue weighted by Crippen LogP contribution is 2.43. The lowest BCUT2D eigenvalue weighted by molar-refractivity contribution is -0.192. The number of nitrogens with one attached hydrogen (secondary N) is 1. The van der Waals surface area contributed by atoms with Crippen LogP contribution >= 0.6 is 0 Å². The van der Waals surface area contributed by atoms with Crippen LogP contribution in [0, 0.1) is 11.8 Å². The number of aromatic nitrogens is 1. The number of rotatable bonds is 4. The molecular formula is C19H21F4N3O5. The SMILES string of the molecule is O=C(NC[C@@H]1CO[C@@H]2CN(C(=O)C3(F)CC3)C[C@H]12)c1cccnc1.O=C(O)C(F)(F)F. The van der Waals surface area contributed by atoms with Gasteiger partial charge in [0.05, 0.1) is 18.3 Å². The number of carboxylic acids is 1. The van der Waals surface area contributed by atoms with Gasteiger partial charge in [0.15, 0.2) is 5.67 Å². The first-order valence-corrected chi connectivity index (χ1v) is 9.59. The van der Waals surface area contributed by atoms with Crippen molar-refractivity contribution < 1.29 is 41.8 Å². The lowest BCUT2D eigenvalue weighted by atomic mass is 9.93. The minimum absolute atomic E-state index is 0.0448. The number of carboxylic acid groups (broad SMARTS) is 1. The van der Waals surface area contributed by atoms with E-state index in [2.05, 4.69) is 10.3 Å². The predicted molar refractivity (Wildman–Crippen MR) is 96.6 cm³/mol. The van der Waals surface area contributed by atoms with E-state index in [1.165, 1.54) is 6.20 Å². The van der Waals surface area contributed by atoms with Crippen molar-refractivity contribution in [3.8, 4) is 0 Å². The molecule has 31 heavy (non-hydrogen) atoms. The molecule has 2 N–H and O–H groups in total. The lowest BCUT2D eigenvalue weighted by Crippen LogP contribution is -2.39. The van der Waals surface area contributed by atoms with Crippen LogP contribution in [0.4, 0.5) is 17.6 Å². The zero-order chi connectivity index (χ0) is 22.8. The number of alkyl halides is 4. The van der Waals surface area contributed by atoms with Crippen molar-refractivity contribution in [3.05, 3.63) is 30.1 Å². The maximum absolute atomic E-state index is 14.0. The van der Waals surface area contributed by atoms with Gasteiger partial charge in [-0.3, -0.25) is 14.6 Å². The molecule has 0 bridgehead atoms. The molecule has 2 amide bonds. The van der Waals surface area contributed by atoms with Gasteiger partial charge in [-0.15, -0.1) is 0 Å². The second-order valence-electron chi connectivity index (χ2n) is 7.73. The monoisotopic (exact) mass is 447 g/mol. The van der Waals surface area contributed by atoms with Gasteiger partial charge in [0.1, 0.15) is 0 Å². The highest BCUT2D eigenvalue weighted by molar-refractivity contribution is 5.93. The second kappa shape index (κ2) is 8.77. The van der Waals surface area contributed by atoms with E-state index in [0.29, 0.717) is 44.6 Å². The Morgan fingerprint density at radius 3 is 2.52 bits per heavy atom. The third-order valence-corrected chi connectivity index (χ3v) is 5.49. The zero-order valence-electron chi connectivity index (χ0n) is 16.3. The van der Waals surface area contributed by atoms with E-state index in [1.54, 1.807) is 23.2 Å². The van der Waals surface area contributed by atoms with Gasteiger partial charge in [0.25, 0.3) is 11.8 Å². The number of carbonyl (C=O) groups is 3. The molecule has 170 valence electrons. The quantitative estimate of drug-likeness (QED) is 0.676. The predicted octanol–water partition coefficient (Wildman–Crippen LogP) is 1.42. The van der Waals surface area contributed by atoms with E-state index in [-0.39, 0.29) is 23.8 Å². The van der Waals surface area contributed by atoms with Crippen molar-refractivity contribution in [1.29, 1.82) is 0 Å². The number of hydrogen-bond donors (Lipinski definition) is 2. The molecule has 3 aliphatic rings. The van der Waals surface area contributed by atoms with Crippen molar-refractivity contribution >= 4 is 17.8 Å². The van der Waals surface area contributed by atoms with Crippen LogP contribution in [-0.4, -0.2) is 77.0 Å². The number of carbonyl (C=O) groups excluding carboxylic acids is 2. The summed E-state index contributed by atoms with van der Waals surface area (Å²) in [6.07, 6.45) is -1.31. The number of pyridine rings is 1. The summed E-state index contributed by atoms with van der Waals surface area (Å²) >= 11 is 0. The van der Waals surface area contributed by atoms with E-state index in [1.807, 2.05) is 0 Å². The van der Waals surface area contributed by atoms with Crippen molar-refractivity contribution in [2.24, 2.45) is 11.8 Å². The number of ether oxygens (including phenoxy) is 1. The highest BCUT2D eigenvalue weighted by Gasteiger charge is 2.56. The minimum Gasteiger partial charge on any atom is -0.475 e. The number of aliphatic carboxylic acids is 1. The average molecular weight is 447 g/mol.